The summed E-state index contributed by atoms with van der Waals surface area (Å²) in [5.74, 6) is 6.29. The molecule has 1 aromatic carbocycles. The number of rotatable bonds is 3. The number of fused-ring (bicyclic) bond motifs is 5. The second kappa shape index (κ2) is 8.18. The normalized spacial score (nSPS) is 16.8. The Morgan fingerprint density at radius 3 is 2.85 bits per heavy atom. The average Bonchev–Trinajstić information content (AvgIpc) is 3.33. The number of nitrogens with zero attached hydrogens (tertiary/aromatic N) is 4. The van der Waals surface area contributed by atoms with Crippen molar-refractivity contribution in [3.63, 3.8) is 0 Å². The Kier molecular flexibility index (Phi) is 5.31. The number of nitrogens with two attached hydrogens (primary N) is 1. The number of hydrogen-bond donors (Lipinski definition) is 2. The third-order valence-electron chi connectivity index (χ3n) is 6.61. The zero-order valence-corrected chi connectivity index (χ0v) is 18.9. The zero-order valence-electron chi connectivity index (χ0n) is 18.9. The van der Waals surface area contributed by atoms with E-state index >= 15 is 0 Å². The lowest BCUT2D eigenvalue weighted by Gasteiger charge is -2.21. The van der Waals surface area contributed by atoms with Crippen LogP contribution in [0.5, 0.6) is 0 Å². The summed E-state index contributed by atoms with van der Waals surface area (Å²) in [5.41, 5.74) is 9.52. The van der Waals surface area contributed by atoms with Gasteiger partial charge in [0, 0.05) is 61.0 Å². The fourth-order valence-electron chi connectivity index (χ4n) is 4.85. The van der Waals surface area contributed by atoms with E-state index in [-0.39, 0.29) is 11.9 Å². The maximum atomic E-state index is 13.6. The van der Waals surface area contributed by atoms with Crippen molar-refractivity contribution in [1.29, 1.82) is 0 Å². The number of aliphatic hydroxyl groups is 1. The van der Waals surface area contributed by atoms with Gasteiger partial charge in [0.25, 0.3) is 5.91 Å². The van der Waals surface area contributed by atoms with Gasteiger partial charge >= 0.3 is 0 Å². The predicted molar refractivity (Wildman–Crippen MR) is 125 cm³/mol. The fraction of sp³-hybridized carbons (Fsp3) is 0.400. The molecule has 1 amide bonds. The molecule has 0 spiro atoms. The first-order chi connectivity index (χ1) is 15.9. The molecular formula is C25H27N5O3. The minimum atomic E-state index is -0.908. The molecule has 1 aliphatic heterocycles. The van der Waals surface area contributed by atoms with E-state index < -0.39 is 5.60 Å². The van der Waals surface area contributed by atoms with Gasteiger partial charge in [-0.1, -0.05) is 11.8 Å². The van der Waals surface area contributed by atoms with Crippen LogP contribution in [0.2, 0.25) is 0 Å². The Labute approximate surface area is 192 Å². The van der Waals surface area contributed by atoms with Crippen molar-refractivity contribution in [2.24, 2.45) is 7.05 Å². The molecule has 5 rings (SSSR count). The summed E-state index contributed by atoms with van der Waals surface area (Å²) in [6.07, 6.45) is 5.10. The molecule has 1 saturated carbocycles. The number of amides is 1. The van der Waals surface area contributed by atoms with E-state index in [1.54, 1.807) is 18.2 Å². The summed E-state index contributed by atoms with van der Waals surface area (Å²) in [7, 11) is 3.50. The van der Waals surface area contributed by atoms with Crippen LogP contribution in [-0.2, 0) is 18.3 Å². The highest BCUT2D eigenvalue weighted by molar-refractivity contribution is 6.11. The molecular weight excluding hydrogens is 418 g/mol. The van der Waals surface area contributed by atoms with E-state index in [1.807, 2.05) is 29.8 Å². The molecule has 0 radical (unpaired) electrons. The van der Waals surface area contributed by atoms with Crippen molar-refractivity contribution in [2.75, 3.05) is 26.0 Å². The number of carbonyl (C=O) groups is 1. The molecule has 1 aliphatic carbocycles. The first-order valence-corrected chi connectivity index (χ1v) is 11.2. The number of methoxy groups -OCH3 is 1. The summed E-state index contributed by atoms with van der Waals surface area (Å²) in [6, 6.07) is 5.86. The van der Waals surface area contributed by atoms with Crippen molar-refractivity contribution in [1.82, 2.24) is 19.4 Å². The summed E-state index contributed by atoms with van der Waals surface area (Å²) in [5, 5.41) is 11.5. The van der Waals surface area contributed by atoms with Crippen molar-refractivity contribution in [3.05, 3.63) is 41.2 Å². The monoisotopic (exact) mass is 445 g/mol. The SMILES string of the molecule is COCCN1Cc2cnc(N)nc2-c2c(n(C)c3ccc(C#CC4(O)CCCC4)cc23)C1=O. The van der Waals surface area contributed by atoms with Gasteiger partial charge < -0.3 is 25.0 Å². The van der Waals surface area contributed by atoms with Gasteiger partial charge in [-0.15, -0.1) is 0 Å². The molecule has 3 heterocycles. The second-order valence-corrected chi connectivity index (χ2v) is 8.82. The number of benzene rings is 1. The number of hydrogen-bond acceptors (Lipinski definition) is 6. The van der Waals surface area contributed by atoms with Gasteiger partial charge in [0.05, 0.1) is 12.3 Å². The minimum absolute atomic E-state index is 0.0924. The lowest BCUT2D eigenvalue weighted by Crippen LogP contribution is -2.33. The van der Waals surface area contributed by atoms with Gasteiger partial charge in [0.2, 0.25) is 5.95 Å². The Balaban J connectivity index is 1.71. The van der Waals surface area contributed by atoms with Gasteiger partial charge in [-0.25, -0.2) is 9.97 Å². The number of aryl methyl sites for hydroxylation is 1. The van der Waals surface area contributed by atoms with Crippen molar-refractivity contribution in [3.8, 4) is 23.1 Å². The largest absolute Gasteiger partial charge is 0.383 e. The van der Waals surface area contributed by atoms with E-state index in [4.69, 9.17) is 10.5 Å². The molecule has 170 valence electrons. The lowest BCUT2D eigenvalue weighted by atomic mass is 10.0. The maximum absolute atomic E-state index is 13.6. The lowest BCUT2D eigenvalue weighted by molar-refractivity contribution is 0.0675. The number of anilines is 1. The van der Waals surface area contributed by atoms with Crippen molar-refractivity contribution < 1.29 is 14.6 Å². The van der Waals surface area contributed by atoms with Crippen LogP contribution < -0.4 is 5.73 Å². The van der Waals surface area contributed by atoms with Crippen LogP contribution in [0.3, 0.4) is 0 Å². The van der Waals surface area contributed by atoms with Crippen LogP contribution in [0, 0.1) is 11.8 Å². The van der Waals surface area contributed by atoms with Gasteiger partial charge in [0.1, 0.15) is 11.3 Å². The molecule has 0 atom stereocenters. The first kappa shape index (κ1) is 21.4. The molecule has 3 N–H and O–H groups in total. The summed E-state index contributed by atoms with van der Waals surface area (Å²) in [6.45, 7) is 1.26. The summed E-state index contributed by atoms with van der Waals surface area (Å²) in [4.78, 5) is 24.1. The van der Waals surface area contributed by atoms with E-state index in [0.29, 0.717) is 43.9 Å². The quantitative estimate of drug-likeness (QED) is 0.600. The fourth-order valence-corrected chi connectivity index (χ4v) is 4.85. The van der Waals surface area contributed by atoms with Crippen LogP contribution >= 0.6 is 0 Å². The Hall–Kier alpha value is -3.41. The highest BCUT2D eigenvalue weighted by Gasteiger charge is 2.32. The van der Waals surface area contributed by atoms with E-state index in [2.05, 4.69) is 21.8 Å². The van der Waals surface area contributed by atoms with Gasteiger partial charge in [0.15, 0.2) is 0 Å². The van der Waals surface area contributed by atoms with Crippen LogP contribution in [-0.4, -0.2) is 56.3 Å². The van der Waals surface area contributed by atoms with Crippen LogP contribution in [0.25, 0.3) is 22.2 Å². The standard InChI is InChI=1S/C25H27N5O3/c1-29-19-6-5-16(7-10-25(32)8-3-4-9-25)13-18(19)20-21-17(14-27-24(26)28-21)15-30(11-12-33-2)23(31)22(20)29/h5-6,13-14,32H,3-4,8-9,11-12,15H2,1-2H3,(H2,26,27,28). The van der Waals surface area contributed by atoms with Crippen LogP contribution in [0.4, 0.5) is 5.95 Å². The zero-order chi connectivity index (χ0) is 23.2. The number of ether oxygens (including phenoxy) is 1. The smallest absolute Gasteiger partial charge is 0.271 e. The maximum Gasteiger partial charge on any atom is 0.271 e. The summed E-state index contributed by atoms with van der Waals surface area (Å²) >= 11 is 0. The number of carbonyl (C=O) groups excluding carboxylic acids is 1. The molecule has 33 heavy (non-hydrogen) atoms. The first-order valence-electron chi connectivity index (χ1n) is 11.2. The molecule has 2 aliphatic rings. The molecule has 3 aromatic rings. The number of aromatic nitrogens is 3. The van der Waals surface area contributed by atoms with Crippen LogP contribution in [0.15, 0.2) is 24.4 Å². The molecule has 2 aromatic heterocycles. The van der Waals surface area contributed by atoms with E-state index in [9.17, 15) is 9.90 Å². The minimum Gasteiger partial charge on any atom is -0.383 e. The Morgan fingerprint density at radius 1 is 1.30 bits per heavy atom. The molecule has 0 bridgehead atoms. The van der Waals surface area contributed by atoms with Gasteiger partial charge in [-0.2, -0.15) is 0 Å². The summed E-state index contributed by atoms with van der Waals surface area (Å²) < 4.78 is 7.13. The molecule has 0 saturated heterocycles. The highest BCUT2D eigenvalue weighted by atomic mass is 16.5. The molecule has 1 fully saturated rings. The molecule has 0 unspecified atom stereocenters. The third-order valence-corrected chi connectivity index (χ3v) is 6.61. The van der Waals surface area contributed by atoms with Crippen LogP contribution in [0.1, 0.15) is 47.3 Å². The van der Waals surface area contributed by atoms with Crippen molar-refractivity contribution >= 4 is 22.8 Å². The average molecular weight is 446 g/mol. The van der Waals surface area contributed by atoms with E-state index in [1.165, 1.54) is 0 Å². The number of nitrogen functional groups attached to an aromatic ring is 1. The van der Waals surface area contributed by atoms with Gasteiger partial charge in [-0.05, 0) is 43.9 Å². The van der Waals surface area contributed by atoms with Crippen molar-refractivity contribution in [2.45, 2.75) is 37.8 Å². The van der Waals surface area contributed by atoms with E-state index in [0.717, 1.165) is 40.4 Å². The molecule has 8 nitrogen and oxygen atoms in total. The Morgan fingerprint density at radius 2 is 2.09 bits per heavy atom. The second-order valence-electron chi connectivity index (χ2n) is 8.82. The third kappa shape index (κ3) is 3.73. The molecule has 8 heteroatoms. The topological polar surface area (TPSA) is 106 Å². The highest BCUT2D eigenvalue weighted by Crippen LogP contribution is 2.39. The van der Waals surface area contributed by atoms with Gasteiger partial charge in [-0.3, -0.25) is 4.79 Å². The Bertz CT molecular complexity index is 1310. The predicted octanol–water partition coefficient (Wildman–Crippen LogP) is 2.48.